The SMILES string of the molecule is CCN1CCN(C(=O)N2CCCN(S(=O)(=O)c3cnc[nH]3)CC2)C(=O)C1=O. The lowest BCUT2D eigenvalue weighted by Gasteiger charge is -2.34. The van der Waals surface area contributed by atoms with Crippen LogP contribution in [0.5, 0.6) is 0 Å². The summed E-state index contributed by atoms with van der Waals surface area (Å²) in [6.07, 6.45) is 2.95. The molecule has 0 bridgehead atoms. The van der Waals surface area contributed by atoms with E-state index in [1.54, 1.807) is 6.92 Å². The van der Waals surface area contributed by atoms with Gasteiger partial charge in [-0.05, 0) is 13.3 Å². The number of aromatic amines is 1. The van der Waals surface area contributed by atoms with Crippen LogP contribution in [-0.4, -0.2) is 101 Å². The fraction of sp³-hybridized carbons (Fsp3) is 0.600. The molecule has 12 heteroatoms. The zero-order valence-corrected chi connectivity index (χ0v) is 15.8. The van der Waals surface area contributed by atoms with Gasteiger partial charge in [0.1, 0.15) is 0 Å². The minimum Gasteiger partial charge on any atom is -0.335 e. The number of imide groups is 1. The van der Waals surface area contributed by atoms with Crippen LogP contribution in [0.3, 0.4) is 0 Å². The zero-order valence-electron chi connectivity index (χ0n) is 15.0. The Balaban J connectivity index is 1.67. The Hall–Kier alpha value is -2.47. The van der Waals surface area contributed by atoms with Gasteiger partial charge < -0.3 is 14.8 Å². The van der Waals surface area contributed by atoms with Gasteiger partial charge in [-0.25, -0.2) is 18.2 Å². The molecule has 0 unspecified atom stereocenters. The molecule has 11 nitrogen and oxygen atoms in total. The van der Waals surface area contributed by atoms with Gasteiger partial charge in [0.25, 0.3) is 10.0 Å². The van der Waals surface area contributed by atoms with Crippen molar-refractivity contribution in [3.63, 3.8) is 0 Å². The average molecular weight is 398 g/mol. The third kappa shape index (κ3) is 3.67. The van der Waals surface area contributed by atoms with Crippen LogP contribution < -0.4 is 0 Å². The molecule has 3 heterocycles. The summed E-state index contributed by atoms with van der Waals surface area (Å²) in [6.45, 7) is 3.44. The number of aromatic nitrogens is 2. The molecule has 3 rings (SSSR count). The van der Waals surface area contributed by atoms with Gasteiger partial charge in [-0.3, -0.25) is 14.5 Å². The number of imidazole rings is 1. The molecule has 0 radical (unpaired) electrons. The summed E-state index contributed by atoms with van der Waals surface area (Å²) in [5, 5.41) is -0.00117. The Morgan fingerprint density at radius 1 is 1.11 bits per heavy atom. The fourth-order valence-corrected chi connectivity index (χ4v) is 4.54. The topological polar surface area (TPSA) is 127 Å². The highest BCUT2D eigenvalue weighted by atomic mass is 32.2. The van der Waals surface area contributed by atoms with Crippen LogP contribution in [0, 0.1) is 0 Å². The summed E-state index contributed by atoms with van der Waals surface area (Å²) in [4.78, 5) is 47.0. The van der Waals surface area contributed by atoms with Gasteiger partial charge >= 0.3 is 17.8 Å². The number of carbonyl (C=O) groups is 3. The number of nitrogens with zero attached hydrogens (tertiary/aromatic N) is 5. The van der Waals surface area contributed by atoms with Crippen LogP contribution in [0.2, 0.25) is 0 Å². The number of rotatable bonds is 3. The van der Waals surface area contributed by atoms with Gasteiger partial charge in [-0.2, -0.15) is 4.31 Å². The highest BCUT2D eigenvalue weighted by Gasteiger charge is 2.38. The summed E-state index contributed by atoms with van der Waals surface area (Å²) in [6, 6.07) is -0.551. The molecule has 2 saturated heterocycles. The number of H-pyrrole nitrogens is 1. The minimum absolute atomic E-state index is 0.00117. The van der Waals surface area contributed by atoms with E-state index in [-0.39, 0.29) is 31.2 Å². The molecule has 2 aliphatic rings. The first-order chi connectivity index (χ1) is 12.9. The third-order valence-electron chi connectivity index (χ3n) is 4.74. The normalized spacial score (nSPS) is 20.1. The van der Waals surface area contributed by atoms with Crippen molar-refractivity contribution in [3.8, 4) is 0 Å². The van der Waals surface area contributed by atoms with Crippen molar-refractivity contribution in [2.45, 2.75) is 18.4 Å². The lowest BCUT2D eigenvalue weighted by atomic mass is 10.3. The van der Waals surface area contributed by atoms with E-state index in [9.17, 15) is 22.8 Å². The van der Waals surface area contributed by atoms with E-state index in [1.165, 1.54) is 26.6 Å². The molecule has 2 aliphatic heterocycles. The lowest BCUT2D eigenvalue weighted by molar-refractivity contribution is -0.153. The first kappa shape index (κ1) is 19.3. The standard InChI is InChI=1S/C15H22N6O5S/c1-2-18-7-9-21(14(23)13(18)22)15(24)19-4-3-5-20(8-6-19)27(25,26)12-10-16-11-17-12/h10-11H,2-9H2,1H3,(H,16,17). The molecule has 4 amide bonds. The molecule has 0 aliphatic carbocycles. The zero-order chi connectivity index (χ0) is 19.6. The summed E-state index contributed by atoms with van der Waals surface area (Å²) in [5.41, 5.74) is 0. The second kappa shape index (κ2) is 7.64. The van der Waals surface area contributed by atoms with Crippen LogP contribution >= 0.6 is 0 Å². The monoisotopic (exact) mass is 398 g/mol. The first-order valence-electron chi connectivity index (χ1n) is 8.74. The number of urea groups is 1. The third-order valence-corrected chi connectivity index (χ3v) is 6.56. The molecule has 1 aromatic rings. The Morgan fingerprint density at radius 2 is 1.89 bits per heavy atom. The summed E-state index contributed by atoms with van der Waals surface area (Å²) in [5.74, 6) is -1.52. The predicted molar refractivity (Wildman–Crippen MR) is 92.9 cm³/mol. The minimum atomic E-state index is -3.71. The van der Waals surface area contributed by atoms with E-state index in [0.717, 1.165) is 4.90 Å². The highest BCUT2D eigenvalue weighted by Crippen LogP contribution is 2.16. The van der Waals surface area contributed by atoms with Crippen molar-refractivity contribution in [1.82, 2.24) is 29.0 Å². The van der Waals surface area contributed by atoms with Gasteiger partial charge in [0, 0.05) is 45.8 Å². The van der Waals surface area contributed by atoms with Crippen LogP contribution in [0.1, 0.15) is 13.3 Å². The molecule has 27 heavy (non-hydrogen) atoms. The van der Waals surface area contributed by atoms with E-state index >= 15 is 0 Å². The first-order valence-corrected chi connectivity index (χ1v) is 10.2. The molecule has 1 aromatic heterocycles. The number of nitrogens with one attached hydrogen (secondary N) is 1. The number of carbonyl (C=O) groups excluding carboxylic acids is 3. The maximum Gasteiger partial charge on any atom is 0.327 e. The summed E-state index contributed by atoms with van der Waals surface area (Å²) in [7, 11) is -3.71. The molecule has 0 saturated carbocycles. The van der Waals surface area contributed by atoms with Crippen molar-refractivity contribution in [2.75, 3.05) is 45.8 Å². The number of sulfonamides is 1. The molecule has 2 fully saturated rings. The second-order valence-electron chi connectivity index (χ2n) is 6.28. The van der Waals surface area contributed by atoms with Crippen molar-refractivity contribution in [3.05, 3.63) is 12.5 Å². The van der Waals surface area contributed by atoms with Crippen molar-refractivity contribution in [2.24, 2.45) is 0 Å². The van der Waals surface area contributed by atoms with Crippen molar-refractivity contribution < 1.29 is 22.8 Å². The molecule has 0 spiro atoms. The maximum atomic E-state index is 12.7. The van der Waals surface area contributed by atoms with Gasteiger partial charge in [-0.1, -0.05) is 0 Å². The van der Waals surface area contributed by atoms with E-state index in [1.807, 2.05) is 0 Å². The van der Waals surface area contributed by atoms with Crippen LogP contribution in [0.15, 0.2) is 17.6 Å². The Kier molecular flexibility index (Phi) is 5.46. The van der Waals surface area contributed by atoms with E-state index < -0.39 is 27.9 Å². The molecule has 1 N–H and O–H groups in total. The van der Waals surface area contributed by atoms with E-state index in [4.69, 9.17) is 0 Å². The molecular weight excluding hydrogens is 376 g/mol. The number of hydrogen-bond donors (Lipinski definition) is 1. The summed E-state index contributed by atoms with van der Waals surface area (Å²) < 4.78 is 26.4. The van der Waals surface area contributed by atoms with E-state index in [0.29, 0.717) is 26.1 Å². The number of amides is 4. The van der Waals surface area contributed by atoms with Gasteiger partial charge in [-0.15, -0.1) is 0 Å². The lowest BCUT2D eigenvalue weighted by Crippen LogP contribution is -2.59. The van der Waals surface area contributed by atoms with Gasteiger partial charge in [0.15, 0.2) is 5.03 Å². The molecule has 0 atom stereocenters. The molecule has 148 valence electrons. The van der Waals surface area contributed by atoms with Crippen molar-refractivity contribution in [1.29, 1.82) is 0 Å². The smallest absolute Gasteiger partial charge is 0.327 e. The van der Waals surface area contributed by atoms with E-state index in [2.05, 4.69) is 9.97 Å². The Bertz CT molecular complexity index is 824. The maximum absolute atomic E-state index is 12.7. The second-order valence-corrected chi connectivity index (χ2v) is 8.19. The highest BCUT2D eigenvalue weighted by molar-refractivity contribution is 7.89. The van der Waals surface area contributed by atoms with Gasteiger partial charge in [0.05, 0.1) is 12.5 Å². The predicted octanol–water partition coefficient (Wildman–Crippen LogP) is -1.08. The summed E-state index contributed by atoms with van der Waals surface area (Å²) >= 11 is 0. The fourth-order valence-electron chi connectivity index (χ4n) is 3.18. The average Bonchev–Trinajstić information content (AvgIpc) is 3.08. The Morgan fingerprint density at radius 3 is 2.56 bits per heavy atom. The van der Waals surface area contributed by atoms with Gasteiger partial charge in [0.2, 0.25) is 0 Å². The van der Waals surface area contributed by atoms with Crippen LogP contribution in [0.25, 0.3) is 0 Å². The van der Waals surface area contributed by atoms with Crippen molar-refractivity contribution >= 4 is 27.9 Å². The molecule has 0 aromatic carbocycles. The largest absolute Gasteiger partial charge is 0.335 e. The number of hydrogen-bond acceptors (Lipinski definition) is 6. The van der Waals surface area contributed by atoms with Crippen LogP contribution in [-0.2, 0) is 19.6 Å². The Labute approximate surface area is 157 Å². The van der Waals surface area contributed by atoms with Crippen LogP contribution in [0.4, 0.5) is 4.79 Å². The molecular formula is C15H22N6O5S. The quantitative estimate of drug-likeness (QED) is 0.645. The number of piperazine rings is 1. The number of likely N-dealkylation sites (N-methyl/N-ethyl adjacent to an activating group) is 1.